The number of carbonyl (C=O) groups excluding carboxylic acids is 1. The molecule has 100 valence electrons. The Bertz CT molecular complexity index is 747. The molecule has 0 atom stereocenters. The van der Waals surface area contributed by atoms with E-state index >= 15 is 0 Å². The van der Waals surface area contributed by atoms with Crippen LogP contribution in [0.15, 0.2) is 42.5 Å². The predicted octanol–water partition coefficient (Wildman–Crippen LogP) is 3.27. The lowest BCUT2D eigenvalue weighted by Gasteiger charge is -2.03. The fraction of sp³-hybridized carbons (Fsp3) is 0. The summed E-state index contributed by atoms with van der Waals surface area (Å²) in [6.07, 6.45) is 0. The highest BCUT2D eigenvalue weighted by molar-refractivity contribution is 7.22. The average molecular weight is 287 g/mol. The lowest BCUT2D eigenvalue weighted by Crippen LogP contribution is -2.12. The second kappa shape index (κ2) is 4.90. The van der Waals surface area contributed by atoms with E-state index in [2.05, 4.69) is 10.3 Å². The minimum absolute atomic E-state index is 0.168. The van der Waals surface area contributed by atoms with E-state index in [9.17, 15) is 9.18 Å². The van der Waals surface area contributed by atoms with Crippen LogP contribution >= 0.6 is 11.3 Å². The van der Waals surface area contributed by atoms with Crippen molar-refractivity contribution in [1.29, 1.82) is 0 Å². The zero-order valence-electron chi connectivity index (χ0n) is 10.3. The second-order valence-electron chi connectivity index (χ2n) is 4.21. The van der Waals surface area contributed by atoms with E-state index in [0.717, 1.165) is 22.3 Å². The Morgan fingerprint density at radius 2 is 2.05 bits per heavy atom. The molecule has 0 aliphatic heterocycles. The molecule has 1 amide bonds. The molecular formula is C14H10FN3OS. The number of hydrogen-bond acceptors (Lipinski definition) is 4. The number of rotatable bonds is 2. The van der Waals surface area contributed by atoms with Crippen LogP contribution in [0.3, 0.4) is 0 Å². The van der Waals surface area contributed by atoms with Crippen LogP contribution in [0.1, 0.15) is 10.4 Å². The van der Waals surface area contributed by atoms with Crippen LogP contribution in [0.2, 0.25) is 0 Å². The summed E-state index contributed by atoms with van der Waals surface area (Å²) in [6, 6.07) is 11.3. The van der Waals surface area contributed by atoms with Gasteiger partial charge in [-0.25, -0.2) is 9.37 Å². The van der Waals surface area contributed by atoms with E-state index in [1.807, 2.05) is 24.3 Å². The van der Waals surface area contributed by atoms with Gasteiger partial charge in [-0.2, -0.15) is 0 Å². The lowest BCUT2D eigenvalue weighted by molar-refractivity contribution is 0.102. The maximum absolute atomic E-state index is 13.2. The van der Waals surface area contributed by atoms with Crippen molar-refractivity contribution in [2.24, 2.45) is 0 Å². The standard InChI is InChI=1S/C14H10FN3OS/c15-9-5-8(6-10(16)7-9)13(19)18-14-17-11-3-1-2-4-12(11)20-14/h1-7H,16H2,(H,17,18,19). The molecular weight excluding hydrogens is 277 g/mol. The van der Waals surface area contributed by atoms with Gasteiger partial charge in [0.25, 0.3) is 5.91 Å². The third kappa shape index (κ3) is 2.46. The maximum atomic E-state index is 13.2. The highest BCUT2D eigenvalue weighted by Gasteiger charge is 2.11. The monoisotopic (exact) mass is 287 g/mol. The minimum Gasteiger partial charge on any atom is -0.399 e. The Hall–Kier alpha value is -2.47. The number of nitrogen functional groups attached to an aromatic ring is 1. The molecule has 1 aromatic heterocycles. The van der Waals surface area contributed by atoms with Gasteiger partial charge in [-0.05, 0) is 30.3 Å². The van der Waals surface area contributed by atoms with Gasteiger partial charge in [-0.15, -0.1) is 0 Å². The van der Waals surface area contributed by atoms with Gasteiger partial charge in [0.05, 0.1) is 10.2 Å². The summed E-state index contributed by atoms with van der Waals surface area (Å²) in [7, 11) is 0. The molecule has 2 aromatic carbocycles. The number of amides is 1. The van der Waals surface area contributed by atoms with Gasteiger partial charge in [0.1, 0.15) is 5.82 Å². The van der Waals surface area contributed by atoms with Crippen LogP contribution in [0.25, 0.3) is 10.2 Å². The van der Waals surface area contributed by atoms with Gasteiger partial charge < -0.3 is 5.73 Å². The van der Waals surface area contributed by atoms with E-state index in [4.69, 9.17) is 5.73 Å². The number of fused-ring (bicyclic) bond motifs is 1. The van der Waals surface area contributed by atoms with Crippen LogP contribution in [-0.4, -0.2) is 10.9 Å². The van der Waals surface area contributed by atoms with Crippen molar-refractivity contribution in [2.45, 2.75) is 0 Å². The normalized spacial score (nSPS) is 10.7. The third-order valence-corrected chi connectivity index (χ3v) is 3.65. The fourth-order valence-corrected chi connectivity index (χ4v) is 2.70. The van der Waals surface area contributed by atoms with Gasteiger partial charge in [0.15, 0.2) is 5.13 Å². The number of nitrogens with zero attached hydrogens (tertiary/aromatic N) is 1. The molecule has 0 saturated heterocycles. The number of aromatic nitrogens is 1. The van der Waals surface area contributed by atoms with Gasteiger partial charge in [-0.1, -0.05) is 23.5 Å². The molecule has 0 unspecified atom stereocenters. The number of nitrogens with one attached hydrogen (secondary N) is 1. The van der Waals surface area contributed by atoms with Crippen LogP contribution in [-0.2, 0) is 0 Å². The third-order valence-electron chi connectivity index (χ3n) is 2.70. The number of thiazole rings is 1. The van der Waals surface area contributed by atoms with Crippen LogP contribution in [0.5, 0.6) is 0 Å². The van der Waals surface area contributed by atoms with E-state index in [1.165, 1.54) is 17.4 Å². The summed E-state index contributed by atoms with van der Waals surface area (Å²) in [5.41, 5.74) is 6.71. The molecule has 0 aliphatic carbocycles. The molecule has 0 saturated carbocycles. The Balaban J connectivity index is 1.88. The van der Waals surface area contributed by atoms with Crippen molar-refractivity contribution in [3.63, 3.8) is 0 Å². The maximum Gasteiger partial charge on any atom is 0.257 e. The first-order valence-electron chi connectivity index (χ1n) is 5.85. The van der Waals surface area contributed by atoms with Crippen LogP contribution in [0, 0.1) is 5.82 Å². The fourth-order valence-electron chi connectivity index (χ4n) is 1.84. The first-order chi connectivity index (χ1) is 9.61. The number of benzene rings is 2. The van der Waals surface area contributed by atoms with Gasteiger partial charge in [-0.3, -0.25) is 10.1 Å². The second-order valence-corrected chi connectivity index (χ2v) is 5.24. The highest BCUT2D eigenvalue weighted by atomic mass is 32.1. The smallest absolute Gasteiger partial charge is 0.257 e. The number of carbonyl (C=O) groups is 1. The zero-order chi connectivity index (χ0) is 14.1. The molecule has 3 aromatic rings. The molecule has 6 heteroatoms. The summed E-state index contributed by atoms with van der Waals surface area (Å²) < 4.78 is 14.2. The van der Waals surface area contributed by atoms with E-state index in [-0.39, 0.29) is 11.3 Å². The molecule has 0 aliphatic rings. The van der Waals surface area contributed by atoms with Crippen molar-refractivity contribution in [3.8, 4) is 0 Å². The first kappa shape index (κ1) is 12.6. The largest absolute Gasteiger partial charge is 0.399 e. The van der Waals surface area contributed by atoms with Crippen molar-refractivity contribution in [2.75, 3.05) is 11.1 Å². The molecule has 0 spiro atoms. The van der Waals surface area contributed by atoms with Crippen LogP contribution in [0.4, 0.5) is 15.2 Å². The quantitative estimate of drug-likeness (QED) is 0.711. The van der Waals surface area contributed by atoms with Crippen molar-refractivity contribution in [1.82, 2.24) is 4.98 Å². The van der Waals surface area contributed by atoms with E-state index in [0.29, 0.717) is 5.13 Å². The summed E-state index contributed by atoms with van der Waals surface area (Å²) >= 11 is 1.36. The Kier molecular flexibility index (Phi) is 3.08. The molecule has 3 N–H and O–H groups in total. The van der Waals surface area contributed by atoms with Crippen molar-refractivity contribution < 1.29 is 9.18 Å². The summed E-state index contributed by atoms with van der Waals surface area (Å²) in [4.78, 5) is 16.3. The van der Waals surface area contributed by atoms with Crippen LogP contribution < -0.4 is 11.1 Å². The van der Waals surface area contributed by atoms with Gasteiger partial charge in [0.2, 0.25) is 0 Å². The number of nitrogens with two attached hydrogens (primary N) is 1. The topological polar surface area (TPSA) is 68.0 Å². The Morgan fingerprint density at radius 3 is 2.80 bits per heavy atom. The summed E-state index contributed by atoms with van der Waals surface area (Å²) in [6.45, 7) is 0. The van der Waals surface area contributed by atoms with Gasteiger partial charge in [0, 0.05) is 11.3 Å². The lowest BCUT2D eigenvalue weighted by atomic mass is 10.2. The van der Waals surface area contributed by atoms with Crippen molar-refractivity contribution in [3.05, 3.63) is 53.8 Å². The van der Waals surface area contributed by atoms with Gasteiger partial charge >= 0.3 is 0 Å². The predicted molar refractivity (Wildman–Crippen MR) is 78.4 cm³/mol. The number of anilines is 2. The number of halogens is 1. The molecule has 0 bridgehead atoms. The first-order valence-corrected chi connectivity index (χ1v) is 6.66. The highest BCUT2D eigenvalue weighted by Crippen LogP contribution is 2.25. The molecule has 1 heterocycles. The van der Waals surface area contributed by atoms with E-state index < -0.39 is 11.7 Å². The Morgan fingerprint density at radius 1 is 1.25 bits per heavy atom. The summed E-state index contributed by atoms with van der Waals surface area (Å²) in [5, 5.41) is 3.12. The molecule has 3 rings (SSSR count). The average Bonchev–Trinajstić information content (AvgIpc) is 2.79. The minimum atomic E-state index is -0.542. The zero-order valence-corrected chi connectivity index (χ0v) is 11.1. The Labute approximate surface area is 118 Å². The molecule has 0 radical (unpaired) electrons. The molecule has 4 nitrogen and oxygen atoms in total. The molecule has 20 heavy (non-hydrogen) atoms. The van der Waals surface area contributed by atoms with E-state index in [1.54, 1.807) is 0 Å². The number of para-hydroxylation sites is 1. The van der Waals surface area contributed by atoms with Crippen molar-refractivity contribution >= 4 is 38.3 Å². The SMILES string of the molecule is Nc1cc(F)cc(C(=O)Nc2nc3ccccc3s2)c1. The number of hydrogen-bond donors (Lipinski definition) is 2. The summed E-state index contributed by atoms with van der Waals surface area (Å²) in [5.74, 6) is -0.977. The molecule has 0 fully saturated rings.